The normalized spacial score (nSPS) is 11.4. The number of benzene rings is 8. The molecule has 2 aromatic heterocycles. The molecule has 0 aliphatic carbocycles. The van der Waals surface area contributed by atoms with Crippen LogP contribution in [0.25, 0.3) is 54.8 Å². The molecule has 0 saturated heterocycles. The van der Waals surface area contributed by atoms with Crippen molar-refractivity contribution >= 4 is 66.7 Å². The van der Waals surface area contributed by atoms with Crippen LogP contribution in [0.3, 0.4) is 0 Å². The van der Waals surface area contributed by atoms with Gasteiger partial charge in [0.25, 0.3) is 0 Å². The Bertz CT molecular complexity index is 2750. The fourth-order valence-electron chi connectivity index (χ4n) is 8.03. The Morgan fingerprint density at radius 1 is 0.345 bits per heavy atom. The van der Waals surface area contributed by atoms with Gasteiger partial charge in [-0.25, -0.2) is 9.97 Å². The molecular weight excluding hydrogens is 709 g/mol. The number of hydrogen-bond acceptors (Lipinski definition) is 6. The molecule has 278 valence electrons. The van der Waals surface area contributed by atoms with Crippen LogP contribution in [0.2, 0.25) is 0 Å². The highest BCUT2D eigenvalue weighted by Crippen LogP contribution is 2.44. The van der Waals surface area contributed by atoms with E-state index in [0.29, 0.717) is 0 Å². The first-order valence-corrected chi connectivity index (χ1v) is 19.6. The lowest BCUT2D eigenvalue weighted by molar-refractivity contribution is 1.13. The topological polar surface area (TPSA) is 58.0 Å². The van der Waals surface area contributed by atoms with Gasteiger partial charge in [-0.1, -0.05) is 107 Å². The summed E-state index contributed by atoms with van der Waals surface area (Å²) in [6, 6.07) is 51.6. The summed E-state index contributed by atoms with van der Waals surface area (Å²) in [6.45, 7) is 8.41. The van der Waals surface area contributed by atoms with Crippen LogP contribution in [0.1, 0.15) is 22.3 Å². The molecule has 0 fully saturated rings. The van der Waals surface area contributed by atoms with Gasteiger partial charge in [-0.05, 0) is 121 Å². The summed E-state index contributed by atoms with van der Waals surface area (Å²) in [5.41, 5.74) is 12.7. The average molecular weight is 749 g/mol. The molecule has 0 bridgehead atoms. The minimum Gasteiger partial charge on any atom is -0.294 e. The first-order valence-electron chi connectivity index (χ1n) is 19.6. The second-order valence-electron chi connectivity index (χ2n) is 15.2. The van der Waals surface area contributed by atoms with Crippen molar-refractivity contribution in [1.82, 2.24) is 19.9 Å². The van der Waals surface area contributed by atoms with Crippen LogP contribution in [0.4, 0.5) is 34.4 Å². The van der Waals surface area contributed by atoms with Crippen molar-refractivity contribution in [2.24, 2.45) is 0 Å². The van der Waals surface area contributed by atoms with Gasteiger partial charge in [0.15, 0.2) is 11.6 Å². The zero-order valence-corrected chi connectivity index (χ0v) is 32.8. The van der Waals surface area contributed by atoms with E-state index >= 15 is 0 Å². The number of hydrogen-bond donors (Lipinski definition) is 0. The highest BCUT2D eigenvalue weighted by Gasteiger charge is 2.20. The molecule has 0 unspecified atom stereocenters. The Morgan fingerprint density at radius 2 is 0.672 bits per heavy atom. The molecule has 0 aliphatic heterocycles. The summed E-state index contributed by atoms with van der Waals surface area (Å²) < 4.78 is 0. The van der Waals surface area contributed by atoms with Crippen LogP contribution in [0.15, 0.2) is 170 Å². The quantitative estimate of drug-likeness (QED) is 0.144. The largest absolute Gasteiger partial charge is 0.294 e. The van der Waals surface area contributed by atoms with Gasteiger partial charge in [0.05, 0.1) is 36.2 Å². The van der Waals surface area contributed by atoms with E-state index in [9.17, 15) is 0 Å². The molecule has 6 nitrogen and oxygen atoms in total. The zero-order valence-electron chi connectivity index (χ0n) is 32.8. The van der Waals surface area contributed by atoms with Crippen molar-refractivity contribution in [2.45, 2.75) is 27.7 Å². The van der Waals surface area contributed by atoms with E-state index in [4.69, 9.17) is 19.9 Å². The monoisotopic (exact) mass is 748 g/mol. The van der Waals surface area contributed by atoms with Crippen molar-refractivity contribution in [3.63, 3.8) is 0 Å². The van der Waals surface area contributed by atoms with Gasteiger partial charge in [-0.3, -0.25) is 19.8 Å². The molecule has 2 heterocycles. The van der Waals surface area contributed by atoms with E-state index in [0.717, 1.165) is 78.4 Å². The van der Waals surface area contributed by atoms with Crippen LogP contribution >= 0.6 is 0 Å². The van der Waals surface area contributed by atoms with Crippen LogP contribution < -0.4 is 9.80 Å². The first kappa shape index (κ1) is 35.0. The van der Waals surface area contributed by atoms with E-state index in [1.807, 2.05) is 24.8 Å². The van der Waals surface area contributed by atoms with E-state index in [-0.39, 0.29) is 0 Å². The molecule has 0 aliphatic rings. The van der Waals surface area contributed by atoms with Crippen molar-refractivity contribution in [2.75, 3.05) is 9.80 Å². The summed E-state index contributed by atoms with van der Waals surface area (Å²) >= 11 is 0. The Balaban J connectivity index is 1.05. The van der Waals surface area contributed by atoms with Gasteiger partial charge in [0.2, 0.25) is 0 Å². The fraction of sp³-hybridized carbons (Fsp3) is 0.0769. The molecule has 0 spiro atoms. The number of rotatable bonds is 8. The number of nitrogens with zero attached hydrogens (tertiary/aromatic N) is 6. The lowest BCUT2D eigenvalue weighted by atomic mass is 9.87. The Kier molecular flexibility index (Phi) is 8.60. The van der Waals surface area contributed by atoms with E-state index in [1.165, 1.54) is 33.0 Å². The first-order chi connectivity index (χ1) is 28.4. The van der Waals surface area contributed by atoms with E-state index in [1.54, 1.807) is 0 Å². The second-order valence-corrected chi connectivity index (χ2v) is 15.2. The molecule has 0 amide bonds. The zero-order chi connectivity index (χ0) is 39.3. The van der Waals surface area contributed by atoms with Crippen molar-refractivity contribution < 1.29 is 0 Å². The van der Waals surface area contributed by atoms with Crippen LogP contribution in [0.5, 0.6) is 0 Å². The van der Waals surface area contributed by atoms with Crippen molar-refractivity contribution in [3.05, 3.63) is 193 Å². The second kappa shape index (κ2) is 14.3. The molecule has 0 atom stereocenters. The van der Waals surface area contributed by atoms with Gasteiger partial charge in [-0.15, -0.1) is 0 Å². The van der Waals surface area contributed by atoms with Gasteiger partial charge in [0, 0.05) is 33.9 Å². The van der Waals surface area contributed by atoms with Crippen molar-refractivity contribution in [1.29, 1.82) is 0 Å². The summed E-state index contributed by atoms with van der Waals surface area (Å²) in [4.78, 5) is 24.6. The molecule has 8 aromatic carbocycles. The standard InChI is InChI=1S/C52H40N6/c1-33-11-19-39(20-12-33)57(40-21-13-34(2)14-22-40)49-31-53-47(29-55-49)45-27-37-7-6-10-44-46(28-38-8-5-9-43(45)51(38)52(37)44)48-30-56-50(32-54-48)58(41-23-15-35(3)16-24-41)42-25-17-36(4)18-26-42/h5-32H,1-4H3. The SMILES string of the molecule is Cc1ccc(N(c2ccc(C)cc2)c2cnc(-c3cc4cccc5c(-c6cnc(N(c7ccc(C)cc7)c7ccc(C)cc7)cn6)cc6cccc3c6c45)cn2)cc1. The van der Waals surface area contributed by atoms with E-state index in [2.05, 4.69) is 183 Å². The number of aryl methyl sites for hydroxylation is 4. The van der Waals surface area contributed by atoms with Gasteiger partial charge >= 0.3 is 0 Å². The molecule has 10 aromatic rings. The third kappa shape index (κ3) is 6.25. The number of aromatic nitrogens is 4. The molecule has 0 radical (unpaired) electrons. The van der Waals surface area contributed by atoms with Gasteiger partial charge in [0.1, 0.15) is 0 Å². The molecule has 0 N–H and O–H groups in total. The average Bonchev–Trinajstić information content (AvgIpc) is 3.26. The Morgan fingerprint density at radius 3 is 0.966 bits per heavy atom. The minimum atomic E-state index is 0.756. The predicted octanol–water partition coefficient (Wildman–Crippen LogP) is 13.7. The van der Waals surface area contributed by atoms with E-state index < -0.39 is 0 Å². The summed E-state index contributed by atoms with van der Waals surface area (Å²) in [5.74, 6) is 1.51. The van der Waals surface area contributed by atoms with Crippen LogP contribution in [-0.2, 0) is 0 Å². The smallest absolute Gasteiger partial charge is 0.156 e. The maximum Gasteiger partial charge on any atom is 0.156 e. The number of anilines is 6. The lowest BCUT2D eigenvalue weighted by Gasteiger charge is -2.24. The Hall–Kier alpha value is -7.44. The summed E-state index contributed by atoms with van der Waals surface area (Å²) in [7, 11) is 0. The van der Waals surface area contributed by atoms with Crippen LogP contribution in [-0.4, -0.2) is 19.9 Å². The maximum atomic E-state index is 5.08. The molecule has 6 heteroatoms. The highest BCUT2D eigenvalue weighted by atomic mass is 15.2. The Labute approximate surface area is 338 Å². The lowest BCUT2D eigenvalue weighted by Crippen LogP contribution is -2.12. The highest BCUT2D eigenvalue weighted by molar-refractivity contribution is 6.28. The third-order valence-electron chi connectivity index (χ3n) is 11.1. The van der Waals surface area contributed by atoms with Crippen LogP contribution in [0, 0.1) is 27.7 Å². The molecular formula is C52H40N6. The van der Waals surface area contributed by atoms with Crippen molar-refractivity contribution in [3.8, 4) is 22.5 Å². The summed E-state index contributed by atoms with van der Waals surface area (Å²) in [6.07, 6.45) is 7.58. The molecule has 10 rings (SSSR count). The minimum absolute atomic E-state index is 0.756. The molecule has 58 heavy (non-hydrogen) atoms. The third-order valence-corrected chi connectivity index (χ3v) is 11.1. The van der Waals surface area contributed by atoms with Gasteiger partial charge < -0.3 is 0 Å². The summed E-state index contributed by atoms with van der Waals surface area (Å²) in [5, 5.41) is 6.96. The van der Waals surface area contributed by atoms with Gasteiger partial charge in [-0.2, -0.15) is 0 Å². The molecule has 0 saturated carbocycles. The predicted molar refractivity (Wildman–Crippen MR) is 241 cm³/mol. The fourth-order valence-corrected chi connectivity index (χ4v) is 8.03. The maximum absolute atomic E-state index is 5.08.